The Morgan fingerprint density at radius 2 is 2.07 bits per heavy atom. The van der Waals surface area contributed by atoms with Crippen LogP contribution in [0.15, 0.2) is 30.3 Å². The van der Waals surface area contributed by atoms with Crippen LogP contribution in [0.5, 0.6) is 0 Å². The first kappa shape index (κ1) is 19.0. The van der Waals surface area contributed by atoms with E-state index in [9.17, 15) is 29.6 Å². The van der Waals surface area contributed by atoms with Gasteiger partial charge in [-0.15, -0.1) is 16.4 Å². The molecule has 2 heterocycles. The molecule has 0 fully saturated rings. The van der Waals surface area contributed by atoms with Gasteiger partial charge >= 0.3 is 12.1 Å². The maximum atomic E-state index is 12.5. The van der Waals surface area contributed by atoms with Crippen LogP contribution in [0.25, 0.3) is 10.2 Å². The summed E-state index contributed by atoms with van der Waals surface area (Å²) >= 11 is 0.779. The summed E-state index contributed by atoms with van der Waals surface area (Å²) in [5.41, 5.74) is -0.613. The lowest BCUT2D eigenvalue weighted by molar-refractivity contribution is -0.385. The quantitative estimate of drug-likeness (QED) is 0.486. The highest BCUT2D eigenvalue weighted by molar-refractivity contribution is 7.20. The van der Waals surface area contributed by atoms with Crippen LogP contribution in [0.3, 0.4) is 0 Å². The summed E-state index contributed by atoms with van der Waals surface area (Å²) in [5.74, 6) is -2.16. The first-order valence-corrected chi connectivity index (χ1v) is 8.62. The Hall–Kier alpha value is -3.80. The van der Waals surface area contributed by atoms with Crippen LogP contribution >= 0.6 is 11.3 Å². The lowest BCUT2D eigenvalue weighted by Crippen LogP contribution is -2.17. The molecule has 28 heavy (non-hydrogen) atoms. The van der Waals surface area contributed by atoms with Gasteiger partial charge in [0, 0.05) is 6.07 Å². The van der Waals surface area contributed by atoms with Crippen molar-refractivity contribution in [2.75, 3.05) is 11.9 Å². The number of ether oxygens (including phenoxy) is 1. The van der Waals surface area contributed by atoms with Gasteiger partial charge in [-0.25, -0.2) is 9.59 Å². The second kappa shape index (κ2) is 7.44. The van der Waals surface area contributed by atoms with E-state index in [1.165, 1.54) is 30.3 Å². The summed E-state index contributed by atoms with van der Waals surface area (Å²) < 4.78 is 5.72. The Kier molecular flexibility index (Phi) is 5.04. The second-order valence-corrected chi connectivity index (χ2v) is 6.35. The molecule has 12 heteroatoms. The number of carbonyl (C=O) groups excluding carboxylic acids is 2. The number of nitrogens with one attached hydrogen (secondary N) is 1. The summed E-state index contributed by atoms with van der Waals surface area (Å²) in [4.78, 5) is 46.4. The highest BCUT2D eigenvalue weighted by atomic mass is 32.1. The molecule has 0 unspecified atom stereocenters. The van der Waals surface area contributed by atoms with Gasteiger partial charge in [0.2, 0.25) is 0 Å². The first-order valence-electron chi connectivity index (χ1n) is 7.81. The molecule has 0 aliphatic rings. The summed E-state index contributed by atoms with van der Waals surface area (Å²) in [5, 5.41) is 26.9. The molecular formula is C16H12N4O7S. The highest BCUT2D eigenvalue weighted by Crippen LogP contribution is 2.32. The minimum Gasteiger partial charge on any atom is -0.477 e. The molecule has 0 aliphatic carbocycles. The number of aromatic nitrogens is 2. The fourth-order valence-corrected chi connectivity index (χ4v) is 3.35. The highest BCUT2D eigenvalue weighted by Gasteiger charge is 2.25. The van der Waals surface area contributed by atoms with E-state index >= 15 is 0 Å². The van der Waals surface area contributed by atoms with Crippen molar-refractivity contribution in [1.29, 1.82) is 0 Å². The van der Waals surface area contributed by atoms with E-state index in [1.54, 1.807) is 6.92 Å². The van der Waals surface area contributed by atoms with Gasteiger partial charge < -0.3 is 15.2 Å². The molecule has 0 saturated heterocycles. The molecule has 3 aromatic rings. The minimum atomic E-state index is -1.22. The van der Waals surface area contributed by atoms with E-state index in [0.717, 1.165) is 16.0 Å². The molecule has 11 nitrogen and oxygen atoms in total. The molecule has 2 aromatic heterocycles. The summed E-state index contributed by atoms with van der Waals surface area (Å²) in [6.07, 6.45) is -0.850. The number of hydrogen-bond acceptors (Lipinski definition) is 8. The van der Waals surface area contributed by atoms with Crippen molar-refractivity contribution in [2.24, 2.45) is 0 Å². The Balaban J connectivity index is 2.05. The van der Waals surface area contributed by atoms with E-state index in [0.29, 0.717) is 0 Å². The third kappa shape index (κ3) is 3.40. The Morgan fingerprint density at radius 3 is 2.71 bits per heavy atom. The predicted octanol–water partition coefficient (Wildman–Crippen LogP) is 2.96. The smallest absolute Gasteiger partial charge is 0.436 e. The summed E-state index contributed by atoms with van der Waals surface area (Å²) in [6.45, 7) is 1.65. The van der Waals surface area contributed by atoms with Crippen molar-refractivity contribution in [3.05, 3.63) is 50.9 Å². The molecular weight excluding hydrogens is 392 g/mol. The van der Waals surface area contributed by atoms with Gasteiger partial charge in [-0.05, 0) is 19.1 Å². The van der Waals surface area contributed by atoms with Gasteiger partial charge in [-0.2, -0.15) is 4.68 Å². The summed E-state index contributed by atoms with van der Waals surface area (Å²) in [6, 6.07) is 6.57. The number of para-hydroxylation sites is 1. The van der Waals surface area contributed by atoms with Crippen molar-refractivity contribution in [2.45, 2.75) is 6.92 Å². The number of anilines is 1. The third-order valence-electron chi connectivity index (χ3n) is 3.59. The fraction of sp³-hybridized carbons (Fsp3) is 0.125. The molecule has 0 saturated carbocycles. The maximum absolute atomic E-state index is 12.5. The Bertz CT molecular complexity index is 1120. The average molecular weight is 404 g/mol. The number of benzene rings is 1. The van der Waals surface area contributed by atoms with Crippen LogP contribution in [-0.4, -0.2) is 44.4 Å². The fourth-order valence-electron chi connectivity index (χ4n) is 2.41. The number of thiophene rings is 1. The standard InChI is InChI=1S/C16H12N4O7S/c1-2-27-16(24)19-14-9(7-11(28-14)15(22)23)12(18-19)17-13(21)8-5-3-4-6-10(8)20(25)26/h3-7H,2H2,1H3,(H,22,23)(H,17,18,21). The van der Waals surface area contributed by atoms with Gasteiger partial charge in [0.05, 0.1) is 16.9 Å². The Morgan fingerprint density at radius 1 is 1.36 bits per heavy atom. The number of amides is 1. The van der Waals surface area contributed by atoms with Crippen molar-refractivity contribution >= 4 is 51.0 Å². The van der Waals surface area contributed by atoms with E-state index in [-0.39, 0.29) is 33.1 Å². The lowest BCUT2D eigenvalue weighted by Gasteiger charge is -2.04. The van der Waals surface area contributed by atoms with Gasteiger partial charge in [0.15, 0.2) is 5.82 Å². The lowest BCUT2D eigenvalue weighted by atomic mass is 10.1. The molecule has 0 aliphatic heterocycles. The zero-order chi connectivity index (χ0) is 20.4. The van der Waals surface area contributed by atoms with Crippen LogP contribution in [0.2, 0.25) is 0 Å². The van der Waals surface area contributed by atoms with E-state index < -0.39 is 28.6 Å². The molecule has 3 rings (SSSR count). The molecule has 1 amide bonds. The number of nitrogens with zero attached hydrogens (tertiary/aromatic N) is 3. The number of aromatic carboxylic acids is 1. The molecule has 0 radical (unpaired) electrons. The van der Waals surface area contributed by atoms with Crippen LogP contribution in [-0.2, 0) is 4.74 Å². The molecule has 2 N–H and O–H groups in total. The molecule has 0 spiro atoms. The normalized spacial score (nSPS) is 10.6. The van der Waals surface area contributed by atoms with Crippen molar-refractivity contribution in [1.82, 2.24) is 9.78 Å². The Labute approximate surface area is 160 Å². The number of carboxylic acid groups (broad SMARTS) is 1. The topological polar surface area (TPSA) is 154 Å². The molecule has 144 valence electrons. The third-order valence-corrected chi connectivity index (χ3v) is 4.69. The van der Waals surface area contributed by atoms with E-state index in [2.05, 4.69) is 10.4 Å². The van der Waals surface area contributed by atoms with Crippen LogP contribution < -0.4 is 5.32 Å². The predicted molar refractivity (Wildman–Crippen MR) is 98.0 cm³/mol. The maximum Gasteiger partial charge on any atom is 0.436 e. The monoisotopic (exact) mass is 404 g/mol. The average Bonchev–Trinajstić information content (AvgIpc) is 3.22. The van der Waals surface area contributed by atoms with Gasteiger partial charge in [0.1, 0.15) is 15.3 Å². The number of nitro groups is 1. The number of carboxylic acids is 1. The first-order chi connectivity index (χ1) is 13.3. The van der Waals surface area contributed by atoms with Gasteiger partial charge in [0.25, 0.3) is 11.6 Å². The zero-order valence-corrected chi connectivity index (χ0v) is 15.1. The summed E-state index contributed by atoms with van der Waals surface area (Å²) in [7, 11) is 0. The van der Waals surface area contributed by atoms with Crippen molar-refractivity contribution < 1.29 is 29.2 Å². The SMILES string of the molecule is CCOC(=O)n1nc(NC(=O)c2ccccc2[N+](=O)[O-])c2cc(C(=O)O)sc21. The number of fused-ring (bicyclic) bond motifs is 1. The number of carbonyl (C=O) groups is 3. The van der Waals surface area contributed by atoms with Crippen LogP contribution in [0.4, 0.5) is 16.3 Å². The molecule has 1 aromatic carbocycles. The van der Waals surface area contributed by atoms with Gasteiger partial charge in [-0.3, -0.25) is 14.9 Å². The van der Waals surface area contributed by atoms with Crippen molar-refractivity contribution in [3.63, 3.8) is 0 Å². The minimum absolute atomic E-state index is 0.0647. The van der Waals surface area contributed by atoms with Crippen LogP contribution in [0, 0.1) is 10.1 Å². The van der Waals surface area contributed by atoms with Crippen molar-refractivity contribution in [3.8, 4) is 0 Å². The van der Waals surface area contributed by atoms with Gasteiger partial charge in [-0.1, -0.05) is 12.1 Å². The van der Waals surface area contributed by atoms with Crippen LogP contribution in [0.1, 0.15) is 27.0 Å². The number of nitro benzene ring substituents is 1. The number of rotatable bonds is 5. The zero-order valence-electron chi connectivity index (χ0n) is 14.2. The molecule has 0 atom stereocenters. The van der Waals surface area contributed by atoms with E-state index in [4.69, 9.17) is 4.74 Å². The van der Waals surface area contributed by atoms with E-state index in [1.807, 2.05) is 0 Å². The molecule has 0 bridgehead atoms. The second-order valence-electron chi connectivity index (χ2n) is 5.32. The number of hydrogen-bond donors (Lipinski definition) is 2. The largest absolute Gasteiger partial charge is 0.477 e.